The van der Waals surface area contributed by atoms with Gasteiger partial charge in [-0.15, -0.1) is 16.7 Å². The van der Waals surface area contributed by atoms with Crippen LogP contribution in [0.2, 0.25) is 0 Å². The molecule has 1 saturated heterocycles. The van der Waals surface area contributed by atoms with Crippen molar-refractivity contribution in [1.82, 2.24) is 19.9 Å². The summed E-state index contributed by atoms with van der Waals surface area (Å²) in [5, 5.41) is 8.23. The molecule has 1 aromatic heterocycles. The second kappa shape index (κ2) is 10.8. The zero-order valence-electron chi connectivity index (χ0n) is 19.3. The van der Waals surface area contributed by atoms with Gasteiger partial charge in [0.05, 0.1) is 42.5 Å². The summed E-state index contributed by atoms with van der Waals surface area (Å²) >= 11 is 5.78. The van der Waals surface area contributed by atoms with Crippen LogP contribution in [0, 0.1) is 11.8 Å². The average molecular weight is 503 g/mol. The predicted octanol–water partition coefficient (Wildman–Crippen LogP) is 5.33. The molecule has 4 rings (SSSR count). The predicted molar refractivity (Wildman–Crippen MR) is 127 cm³/mol. The highest BCUT2D eigenvalue weighted by atomic mass is 35.5. The van der Waals surface area contributed by atoms with Crippen LogP contribution in [0.5, 0.6) is 0 Å². The second-order valence-electron chi connectivity index (χ2n) is 8.49. The quantitative estimate of drug-likeness (QED) is 0.338. The van der Waals surface area contributed by atoms with Gasteiger partial charge >= 0.3 is 6.18 Å². The third-order valence-electron chi connectivity index (χ3n) is 6.29. The number of aryl methyl sites for hydroxylation is 1. The Morgan fingerprint density at radius 2 is 1.94 bits per heavy atom. The summed E-state index contributed by atoms with van der Waals surface area (Å²) in [6.45, 7) is 1.27. The number of hydrogen-bond donors (Lipinski definition) is 0. The zero-order valence-corrected chi connectivity index (χ0v) is 20.1. The van der Waals surface area contributed by atoms with E-state index in [0.29, 0.717) is 18.5 Å². The van der Waals surface area contributed by atoms with Crippen molar-refractivity contribution in [1.29, 1.82) is 0 Å². The van der Waals surface area contributed by atoms with Crippen LogP contribution in [0.4, 0.5) is 13.2 Å². The molecule has 2 aromatic carbocycles. The number of alkyl halides is 4. The Morgan fingerprint density at radius 1 is 1.14 bits per heavy atom. The van der Waals surface area contributed by atoms with Gasteiger partial charge in [-0.25, -0.2) is 4.68 Å². The van der Waals surface area contributed by atoms with Gasteiger partial charge in [0.15, 0.2) is 0 Å². The molecular formula is C26H26ClF3N4O. The van der Waals surface area contributed by atoms with Crippen molar-refractivity contribution >= 4 is 11.6 Å². The number of hydrogen-bond acceptors (Lipinski definition) is 4. The number of likely N-dealkylation sites (tertiary alicyclic amines) is 1. The first-order chi connectivity index (χ1) is 16.8. The van der Waals surface area contributed by atoms with E-state index >= 15 is 0 Å². The molecule has 0 saturated carbocycles. The van der Waals surface area contributed by atoms with Crippen LogP contribution >= 0.6 is 11.6 Å². The first kappa shape index (κ1) is 25.2. The molecule has 2 heterocycles. The standard InChI is InChI=1S/C26H26ClF3N4O/c1-33-23(18-31-32-33)25(35-19-20-9-7-12-22(17-20)26(28,29)30)13-8-16-34(15-6-5-14-27)24(25)21-10-3-2-4-11-21/h2-4,7,9-12,17-18,24H,8,13-16,19H2,1H3. The summed E-state index contributed by atoms with van der Waals surface area (Å²) in [6, 6.07) is 14.9. The number of ether oxygens (including phenoxy) is 1. The molecule has 184 valence electrons. The SMILES string of the molecule is Cn1nncc1C1(OCc2cccc(C(F)(F)F)c2)CCCN(CC#CCCl)C1c1ccccc1. The summed E-state index contributed by atoms with van der Waals surface area (Å²) in [4.78, 5) is 2.23. The molecule has 0 radical (unpaired) electrons. The molecule has 0 aliphatic carbocycles. The van der Waals surface area contributed by atoms with Gasteiger partial charge in [0.25, 0.3) is 0 Å². The minimum Gasteiger partial charge on any atom is -0.362 e. The van der Waals surface area contributed by atoms with Crippen LogP contribution in [-0.2, 0) is 30.2 Å². The van der Waals surface area contributed by atoms with E-state index in [-0.39, 0.29) is 18.5 Å². The number of piperidine rings is 1. The highest BCUT2D eigenvalue weighted by molar-refractivity contribution is 6.19. The van der Waals surface area contributed by atoms with Gasteiger partial charge in [0.2, 0.25) is 0 Å². The third-order valence-corrected chi connectivity index (χ3v) is 6.42. The lowest BCUT2D eigenvalue weighted by molar-refractivity contribution is -0.148. The lowest BCUT2D eigenvalue weighted by Crippen LogP contribution is -2.51. The third kappa shape index (κ3) is 5.53. The lowest BCUT2D eigenvalue weighted by atomic mass is 9.77. The van der Waals surface area contributed by atoms with Crippen molar-refractivity contribution in [2.24, 2.45) is 7.05 Å². The Balaban J connectivity index is 1.78. The molecule has 0 spiro atoms. The molecule has 1 aliphatic rings. The van der Waals surface area contributed by atoms with E-state index in [4.69, 9.17) is 16.3 Å². The molecular weight excluding hydrogens is 477 g/mol. The summed E-state index contributed by atoms with van der Waals surface area (Å²) in [5.74, 6) is 6.28. The molecule has 0 N–H and O–H groups in total. The van der Waals surface area contributed by atoms with E-state index in [2.05, 4.69) is 27.1 Å². The minimum atomic E-state index is -4.42. The number of aromatic nitrogens is 3. The second-order valence-corrected chi connectivity index (χ2v) is 8.76. The van der Waals surface area contributed by atoms with E-state index in [1.165, 1.54) is 6.07 Å². The summed E-state index contributed by atoms with van der Waals surface area (Å²) < 4.78 is 48.3. The van der Waals surface area contributed by atoms with E-state index in [0.717, 1.165) is 36.4 Å². The van der Waals surface area contributed by atoms with Crippen molar-refractivity contribution in [3.05, 3.63) is 83.2 Å². The smallest absolute Gasteiger partial charge is 0.362 e. The average Bonchev–Trinajstić information content (AvgIpc) is 3.29. The first-order valence-corrected chi connectivity index (χ1v) is 11.8. The highest BCUT2D eigenvalue weighted by Gasteiger charge is 2.50. The van der Waals surface area contributed by atoms with E-state index in [9.17, 15) is 13.2 Å². The highest BCUT2D eigenvalue weighted by Crippen LogP contribution is 2.49. The molecule has 3 aromatic rings. The maximum absolute atomic E-state index is 13.3. The number of rotatable bonds is 6. The van der Waals surface area contributed by atoms with Crippen molar-refractivity contribution in [3.63, 3.8) is 0 Å². The Bertz CT molecular complexity index is 1190. The number of nitrogens with zero attached hydrogens (tertiary/aromatic N) is 4. The normalized spacial score (nSPS) is 20.9. The van der Waals surface area contributed by atoms with Crippen LogP contribution in [0.25, 0.3) is 0 Å². The fourth-order valence-corrected chi connectivity index (χ4v) is 4.91. The molecule has 1 fully saturated rings. The zero-order chi connectivity index (χ0) is 24.9. The lowest BCUT2D eigenvalue weighted by Gasteiger charge is -2.49. The van der Waals surface area contributed by atoms with Gasteiger partial charge in [0.1, 0.15) is 5.60 Å². The summed E-state index contributed by atoms with van der Waals surface area (Å²) in [5.41, 5.74) is 0.615. The van der Waals surface area contributed by atoms with Crippen LogP contribution < -0.4 is 0 Å². The number of halogens is 4. The van der Waals surface area contributed by atoms with Crippen LogP contribution in [0.3, 0.4) is 0 Å². The minimum absolute atomic E-state index is 0.000365. The maximum Gasteiger partial charge on any atom is 0.416 e. The molecule has 9 heteroatoms. The Hall–Kier alpha value is -2.86. The maximum atomic E-state index is 13.3. The molecule has 1 aliphatic heterocycles. The fraction of sp³-hybridized carbons (Fsp3) is 0.385. The van der Waals surface area contributed by atoms with E-state index in [1.807, 2.05) is 30.3 Å². The van der Waals surface area contributed by atoms with Gasteiger partial charge < -0.3 is 4.74 Å². The largest absolute Gasteiger partial charge is 0.416 e. The first-order valence-electron chi connectivity index (χ1n) is 11.3. The van der Waals surface area contributed by atoms with Gasteiger partial charge in [-0.2, -0.15) is 13.2 Å². The molecule has 35 heavy (non-hydrogen) atoms. The van der Waals surface area contributed by atoms with Crippen molar-refractivity contribution in [3.8, 4) is 11.8 Å². The Morgan fingerprint density at radius 3 is 2.63 bits per heavy atom. The van der Waals surface area contributed by atoms with Crippen LogP contribution in [-0.4, -0.2) is 38.9 Å². The summed E-state index contributed by atoms with van der Waals surface area (Å²) in [6.07, 6.45) is -1.29. The van der Waals surface area contributed by atoms with Gasteiger partial charge in [0, 0.05) is 7.05 Å². The van der Waals surface area contributed by atoms with E-state index in [1.54, 1.807) is 24.0 Å². The van der Waals surface area contributed by atoms with E-state index < -0.39 is 17.3 Å². The topological polar surface area (TPSA) is 43.2 Å². The summed E-state index contributed by atoms with van der Waals surface area (Å²) in [7, 11) is 1.80. The molecule has 2 atom stereocenters. The fourth-order valence-electron chi connectivity index (χ4n) is 4.81. The number of benzene rings is 2. The Labute approximate surface area is 207 Å². The van der Waals surface area contributed by atoms with Crippen molar-refractivity contribution in [2.45, 2.75) is 37.3 Å². The van der Waals surface area contributed by atoms with Crippen molar-refractivity contribution in [2.75, 3.05) is 19.0 Å². The van der Waals surface area contributed by atoms with Gasteiger partial charge in [-0.1, -0.05) is 59.5 Å². The molecule has 0 bridgehead atoms. The monoisotopic (exact) mass is 502 g/mol. The van der Waals surface area contributed by atoms with Gasteiger partial charge in [-0.3, -0.25) is 4.90 Å². The van der Waals surface area contributed by atoms with Crippen LogP contribution in [0.15, 0.2) is 60.8 Å². The van der Waals surface area contributed by atoms with Crippen molar-refractivity contribution < 1.29 is 17.9 Å². The molecule has 5 nitrogen and oxygen atoms in total. The molecule has 0 amide bonds. The van der Waals surface area contributed by atoms with Crippen LogP contribution in [0.1, 0.15) is 41.3 Å². The van der Waals surface area contributed by atoms with Gasteiger partial charge in [-0.05, 0) is 42.6 Å². The Kier molecular flexibility index (Phi) is 7.80. The molecule has 2 unspecified atom stereocenters.